The Morgan fingerprint density at radius 1 is 1.09 bits per heavy atom. The summed E-state index contributed by atoms with van der Waals surface area (Å²) in [6, 6.07) is 7.19. The molecule has 5 heteroatoms. The van der Waals surface area contributed by atoms with Gasteiger partial charge in [-0.3, -0.25) is 0 Å². The predicted octanol–water partition coefficient (Wildman–Crippen LogP) is 0.588. The molecule has 1 aromatic rings. The minimum Gasteiger partial charge on any atom is -0.744 e. The van der Waals surface area contributed by atoms with Crippen LogP contribution in [0.2, 0.25) is 0 Å². The van der Waals surface area contributed by atoms with Crippen molar-refractivity contribution < 1.29 is 35.4 Å². The minimum absolute atomic E-state index is 0. The van der Waals surface area contributed by atoms with Gasteiger partial charge in [0.15, 0.2) is 0 Å². The third-order valence-electron chi connectivity index (χ3n) is 1.03. The van der Waals surface area contributed by atoms with Gasteiger partial charge in [-0.2, -0.15) is 0 Å². The summed E-state index contributed by atoms with van der Waals surface area (Å²) in [5.74, 6) is 0. The van der Waals surface area contributed by atoms with Crippen molar-refractivity contribution in [2.45, 2.75) is 4.90 Å². The first-order chi connectivity index (χ1) is 4.61. The van der Waals surface area contributed by atoms with Crippen LogP contribution in [-0.2, 0) is 32.5 Å². The Kier molecular flexibility index (Phi) is 3.99. The first-order valence-corrected chi connectivity index (χ1v) is 4.02. The maximum Gasteiger partial charge on any atom is 1.00 e. The molecule has 0 bridgehead atoms. The third-order valence-corrected chi connectivity index (χ3v) is 1.88. The average molecular weight is 354 g/mol. The van der Waals surface area contributed by atoms with Crippen molar-refractivity contribution in [3.8, 4) is 0 Å². The van der Waals surface area contributed by atoms with Crippen LogP contribution < -0.4 is 0 Å². The maximum atomic E-state index is 10.3. The van der Waals surface area contributed by atoms with Crippen molar-refractivity contribution in [3.05, 3.63) is 30.3 Å². The van der Waals surface area contributed by atoms with Crippen LogP contribution in [0.15, 0.2) is 35.2 Å². The van der Waals surface area contributed by atoms with E-state index in [9.17, 15) is 13.0 Å². The molecular formula is C6H5AuO3S. The van der Waals surface area contributed by atoms with Gasteiger partial charge in [0.25, 0.3) is 0 Å². The van der Waals surface area contributed by atoms with Gasteiger partial charge < -0.3 is 4.55 Å². The van der Waals surface area contributed by atoms with Crippen LogP contribution in [0.1, 0.15) is 0 Å². The largest absolute Gasteiger partial charge is 1.00 e. The van der Waals surface area contributed by atoms with Crippen LogP contribution in [0.3, 0.4) is 0 Å². The van der Waals surface area contributed by atoms with Crippen molar-refractivity contribution in [2.24, 2.45) is 0 Å². The van der Waals surface area contributed by atoms with E-state index in [1.165, 1.54) is 24.3 Å². The van der Waals surface area contributed by atoms with Crippen LogP contribution >= 0.6 is 0 Å². The van der Waals surface area contributed by atoms with Gasteiger partial charge in [0.1, 0.15) is 10.1 Å². The molecule has 0 atom stereocenters. The minimum atomic E-state index is -4.25. The quantitative estimate of drug-likeness (QED) is 0.548. The molecule has 0 unspecified atom stereocenters. The van der Waals surface area contributed by atoms with Gasteiger partial charge in [-0.25, -0.2) is 8.42 Å². The molecule has 64 valence electrons. The number of benzene rings is 1. The summed E-state index contributed by atoms with van der Waals surface area (Å²) in [6.07, 6.45) is 0. The number of rotatable bonds is 1. The maximum absolute atomic E-state index is 10.3. The van der Waals surface area contributed by atoms with Crippen LogP contribution in [-0.4, -0.2) is 13.0 Å². The Hall–Kier alpha value is -0.130. The normalized spacial score (nSPS) is 10.3. The molecule has 0 spiro atoms. The van der Waals surface area contributed by atoms with E-state index in [2.05, 4.69) is 0 Å². The number of hydrogen-bond donors (Lipinski definition) is 0. The van der Waals surface area contributed by atoms with Gasteiger partial charge >= 0.3 is 22.4 Å². The Labute approximate surface area is 80.7 Å². The molecule has 0 N–H and O–H groups in total. The summed E-state index contributed by atoms with van der Waals surface area (Å²) in [5.41, 5.74) is 0. The fraction of sp³-hybridized carbons (Fsp3) is 0. The molecular weight excluding hydrogens is 349 g/mol. The number of hydrogen-bond acceptors (Lipinski definition) is 3. The van der Waals surface area contributed by atoms with E-state index in [1.807, 2.05) is 0 Å². The molecule has 0 aromatic heterocycles. The molecule has 1 aromatic carbocycles. The van der Waals surface area contributed by atoms with Crippen molar-refractivity contribution >= 4 is 10.1 Å². The standard InChI is InChI=1S/C6H6O3S.Au/c7-10(8,9)6-4-2-1-3-5-6;/h1-5H,(H,7,8,9);/q;+1/p-1. The molecule has 0 radical (unpaired) electrons. The Bertz CT molecular complexity index is 306. The summed E-state index contributed by atoms with van der Waals surface area (Å²) in [6.45, 7) is 0. The Morgan fingerprint density at radius 2 is 1.55 bits per heavy atom. The van der Waals surface area contributed by atoms with E-state index in [0.29, 0.717) is 0 Å². The van der Waals surface area contributed by atoms with Gasteiger partial charge in [-0.05, 0) is 12.1 Å². The molecule has 0 saturated heterocycles. The van der Waals surface area contributed by atoms with Crippen LogP contribution in [0.4, 0.5) is 0 Å². The molecule has 0 fully saturated rings. The summed E-state index contributed by atoms with van der Waals surface area (Å²) >= 11 is 0. The summed E-state index contributed by atoms with van der Waals surface area (Å²) in [5, 5.41) is 0. The molecule has 3 nitrogen and oxygen atoms in total. The summed E-state index contributed by atoms with van der Waals surface area (Å²) in [4.78, 5) is -0.185. The zero-order chi connectivity index (χ0) is 7.61. The summed E-state index contributed by atoms with van der Waals surface area (Å²) < 4.78 is 30.8. The van der Waals surface area contributed by atoms with Gasteiger partial charge in [0, 0.05) is 0 Å². The molecule has 0 amide bonds. The predicted molar refractivity (Wildman–Crippen MR) is 34.4 cm³/mol. The fourth-order valence-electron chi connectivity index (χ4n) is 0.587. The zero-order valence-electron chi connectivity index (χ0n) is 5.32. The fourth-order valence-corrected chi connectivity index (χ4v) is 1.08. The Morgan fingerprint density at radius 3 is 1.82 bits per heavy atom. The third kappa shape index (κ3) is 3.18. The van der Waals surface area contributed by atoms with Crippen molar-refractivity contribution in [3.63, 3.8) is 0 Å². The topological polar surface area (TPSA) is 57.2 Å². The monoisotopic (exact) mass is 354 g/mol. The molecule has 0 aliphatic rings. The molecule has 0 saturated carbocycles. The van der Waals surface area contributed by atoms with E-state index < -0.39 is 10.1 Å². The SMILES string of the molecule is O=S(=O)([O-])c1ccccc1.[Au+]. The van der Waals surface area contributed by atoms with Gasteiger partial charge in [0.05, 0.1) is 4.90 Å². The Balaban J connectivity index is 0.000001000. The van der Waals surface area contributed by atoms with E-state index in [0.717, 1.165) is 0 Å². The molecule has 0 heterocycles. The first-order valence-electron chi connectivity index (χ1n) is 2.61. The summed E-state index contributed by atoms with van der Waals surface area (Å²) in [7, 11) is -4.25. The van der Waals surface area contributed by atoms with Crippen molar-refractivity contribution in [1.82, 2.24) is 0 Å². The van der Waals surface area contributed by atoms with E-state index >= 15 is 0 Å². The van der Waals surface area contributed by atoms with Crippen molar-refractivity contribution in [1.29, 1.82) is 0 Å². The van der Waals surface area contributed by atoms with E-state index in [-0.39, 0.29) is 27.3 Å². The second kappa shape index (κ2) is 4.04. The van der Waals surface area contributed by atoms with E-state index in [4.69, 9.17) is 0 Å². The van der Waals surface area contributed by atoms with Gasteiger partial charge in [0.2, 0.25) is 0 Å². The molecule has 1 rings (SSSR count). The van der Waals surface area contributed by atoms with Crippen LogP contribution in [0.5, 0.6) is 0 Å². The smallest absolute Gasteiger partial charge is 0.744 e. The second-order valence-electron chi connectivity index (χ2n) is 1.77. The molecule has 0 aliphatic heterocycles. The first kappa shape index (κ1) is 10.9. The van der Waals surface area contributed by atoms with Crippen molar-refractivity contribution in [2.75, 3.05) is 0 Å². The van der Waals surface area contributed by atoms with E-state index in [1.54, 1.807) is 6.07 Å². The van der Waals surface area contributed by atoms with Gasteiger partial charge in [-0.15, -0.1) is 0 Å². The molecule has 11 heavy (non-hydrogen) atoms. The average Bonchev–Trinajstić information content (AvgIpc) is 1.88. The van der Waals surface area contributed by atoms with Gasteiger partial charge in [-0.1, -0.05) is 18.2 Å². The second-order valence-corrected chi connectivity index (χ2v) is 3.15. The van der Waals surface area contributed by atoms with Crippen LogP contribution in [0.25, 0.3) is 0 Å². The molecule has 0 aliphatic carbocycles. The zero-order valence-corrected chi connectivity index (χ0v) is 8.30. The van der Waals surface area contributed by atoms with Crippen LogP contribution in [0, 0.1) is 0 Å².